The van der Waals surface area contributed by atoms with Gasteiger partial charge in [0.05, 0.1) is 19.2 Å². The molecule has 1 rings (SSSR count). The molecule has 15 heavy (non-hydrogen) atoms. The van der Waals surface area contributed by atoms with Gasteiger partial charge in [-0.1, -0.05) is 32.4 Å². The van der Waals surface area contributed by atoms with Crippen LogP contribution in [0.1, 0.15) is 26.3 Å². The van der Waals surface area contributed by atoms with Crippen LogP contribution in [0.15, 0.2) is 12.1 Å². The highest BCUT2D eigenvalue weighted by Crippen LogP contribution is 2.38. The molecule has 0 spiro atoms. The second-order valence-corrected chi connectivity index (χ2v) is 4.84. The molecule has 0 aliphatic rings. The second kappa shape index (κ2) is 4.31. The van der Waals surface area contributed by atoms with Crippen molar-refractivity contribution in [2.24, 2.45) is 0 Å². The average molecular weight is 229 g/mol. The SMILES string of the molecule is COc1cc(OC)c(C(C)(C)C)cc1Cl. The third kappa shape index (κ3) is 2.57. The van der Waals surface area contributed by atoms with Crippen LogP contribution in [-0.2, 0) is 5.41 Å². The molecule has 0 amide bonds. The first-order chi connectivity index (χ1) is 6.90. The zero-order valence-electron chi connectivity index (χ0n) is 9.85. The third-order valence-corrected chi connectivity index (χ3v) is 2.58. The minimum absolute atomic E-state index is 0.00124. The fourth-order valence-electron chi connectivity index (χ4n) is 1.45. The summed E-state index contributed by atoms with van der Waals surface area (Å²) in [4.78, 5) is 0. The monoisotopic (exact) mass is 228 g/mol. The normalized spacial score (nSPS) is 11.3. The molecule has 0 N–H and O–H groups in total. The topological polar surface area (TPSA) is 18.5 Å². The molecule has 0 fully saturated rings. The van der Waals surface area contributed by atoms with E-state index in [0.717, 1.165) is 11.3 Å². The van der Waals surface area contributed by atoms with Gasteiger partial charge in [-0.05, 0) is 11.5 Å². The summed E-state index contributed by atoms with van der Waals surface area (Å²) >= 11 is 6.08. The van der Waals surface area contributed by atoms with Crippen LogP contribution in [-0.4, -0.2) is 14.2 Å². The lowest BCUT2D eigenvalue weighted by Crippen LogP contribution is -2.13. The van der Waals surface area contributed by atoms with Gasteiger partial charge in [-0.3, -0.25) is 0 Å². The highest BCUT2D eigenvalue weighted by molar-refractivity contribution is 6.32. The van der Waals surface area contributed by atoms with Gasteiger partial charge in [-0.2, -0.15) is 0 Å². The molecule has 0 unspecified atom stereocenters. The molecule has 0 aliphatic carbocycles. The van der Waals surface area contributed by atoms with E-state index in [-0.39, 0.29) is 5.41 Å². The van der Waals surface area contributed by atoms with Crippen molar-refractivity contribution in [2.45, 2.75) is 26.2 Å². The van der Waals surface area contributed by atoms with E-state index in [1.807, 2.05) is 12.1 Å². The van der Waals surface area contributed by atoms with Crippen LogP contribution >= 0.6 is 11.6 Å². The van der Waals surface area contributed by atoms with Gasteiger partial charge < -0.3 is 9.47 Å². The van der Waals surface area contributed by atoms with Crippen LogP contribution in [0, 0.1) is 0 Å². The lowest BCUT2D eigenvalue weighted by molar-refractivity contribution is 0.383. The number of hydrogen-bond donors (Lipinski definition) is 0. The van der Waals surface area contributed by atoms with Crippen molar-refractivity contribution in [1.82, 2.24) is 0 Å². The summed E-state index contributed by atoms with van der Waals surface area (Å²) in [5.41, 5.74) is 1.08. The first kappa shape index (κ1) is 12.2. The van der Waals surface area contributed by atoms with Gasteiger partial charge in [-0.15, -0.1) is 0 Å². The van der Waals surface area contributed by atoms with Gasteiger partial charge in [0.25, 0.3) is 0 Å². The Morgan fingerprint density at radius 3 is 1.93 bits per heavy atom. The Bertz CT molecular complexity index is 353. The summed E-state index contributed by atoms with van der Waals surface area (Å²) in [6, 6.07) is 3.72. The first-order valence-electron chi connectivity index (χ1n) is 4.82. The van der Waals surface area contributed by atoms with Crippen LogP contribution < -0.4 is 9.47 Å². The molecule has 1 aromatic rings. The standard InChI is InChI=1S/C12H17ClO2/c1-12(2,3)8-6-9(13)11(15-5)7-10(8)14-4/h6-7H,1-5H3. The van der Waals surface area contributed by atoms with E-state index in [2.05, 4.69) is 20.8 Å². The van der Waals surface area contributed by atoms with Crippen molar-refractivity contribution in [3.8, 4) is 11.5 Å². The van der Waals surface area contributed by atoms with Crippen LogP contribution in [0.2, 0.25) is 5.02 Å². The molecule has 1 aromatic carbocycles. The first-order valence-corrected chi connectivity index (χ1v) is 5.20. The average Bonchev–Trinajstić information content (AvgIpc) is 2.16. The summed E-state index contributed by atoms with van der Waals surface area (Å²) in [6.45, 7) is 6.36. The van der Waals surface area contributed by atoms with Crippen LogP contribution in [0.3, 0.4) is 0 Å². The van der Waals surface area contributed by atoms with Crippen molar-refractivity contribution < 1.29 is 9.47 Å². The molecule has 2 nitrogen and oxygen atoms in total. The lowest BCUT2D eigenvalue weighted by Gasteiger charge is -2.23. The molecule has 0 bridgehead atoms. The van der Waals surface area contributed by atoms with Crippen LogP contribution in [0.25, 0.3) is 0 Å². The van der Waals surface area contributed by atoms with E-state index in [0.29, 0.717) is 10.8 Å². The summed E-state index contributed by atoms with van der Waals surface area (Å²) in [7, 11) is 3.25. The maximum Gasteiger partial charge on any atom is 0.141 e. The fraction of sp³-hybridized carbons (Fsp3) is 0.500. The van der Waals surface area contributed by atoms with Gasteiger partial charge >= 0.3 is 0 Å². The van der Waals surface area contributed by atoms with Gasteiger partial charge in [0.2, 0.25) is 0 Å². The number of methoxy groups -OCH3 is 2. The summed E-state index contributed by atoms with van der Waals surface area (Å²) in [6.07, 6.45) is 0. The van der Waals surface area contributed by atoms with E-state index in [9.17, 15) is 0 Å². The van der Waals surface area contributed by atoms with Crippen molar-refractivity contribution >= 4 is 11.6 Å². The number of ether oxygens (including phenoxy) is 2. The summed E-state index contributed by atoms with van der Waals surface area (Å²) < 4.78 is 10.5. The van der Waals surface area contributed by atoms with E-state index < -0.39 is 0 Å². The number of rotatable bonds is 2. The van der Waals surface area contributed by atoms with Crippen molar-refractivity contribution in [2.75, 3.05) is 14.2 Å². The molecule has 84 valence electrons. The smallest absolute Gasteiger partial charge is 0.141 e. The molecular formula is C12H17ClO2. The van der Waals surface area contributed by atoms with E-state index in [1.165, 1.54) is 0 Å². The van der Waals surface area contributed by atoms with Gasteiger partial charge in [0.15, 0.2) is 0 Å². The summed E-state index contributed by atoms with van der Waals surface area (Å²) in [5, 5.41) is 0.614. The Morgan fingerprint density at radius 2 is 1.53 bits per heavy atom. The largest absolute Gasteiger partial charge is 0.496 e. The summed E-state index contributed by atoms with van der Waals surface area (Å²) in [5.74, 6) is 1.45. The lowest BCUT2D eigenvalue weighted by atomic mass is 9.86. The van der Waals surface area contributed by atoms with Crippen molar-refractivity contribution in [3.63, 3.8) is 0 Å². The minimum atomic E-state index is 0.00124. The molecule has 0 heterocycles. The van der Waals surface area contributed by atoms with E-state index in [1.54, 1.807) is 14.2 Å². The second-order valence-electron chi connectivity index (χ2n) is 4.44. The molecule has 0 atom stereocenters. The Kier molecular flexibility index (Phi) is 3.50. The molecule has 0 radical (unpaired) electrons. The van der Waals surface area contributed by atoms with Crippen LogP contribution in [0.5, 0.6) is 11.5 Å². The quantitative estimate of drug-likeness (QED) is 0.769. The Morgan fingerprint density at radius 1 is 1.00 bits per heavy atom. The Hall–Kier alpha value is -0.890. The number of benzene rings is 1. The Balaban J connectivity index is 3.34. The predicted octanol–water partition coefficient (Wildman–Crippen LogP) is 3.65. The maximum absolute atomic E-state index is 6.08. The molecule has 0 aromatic heterocycles. The molecule has 0 saturated heterocycles. The molecule has 0 saturated carbocycles. The molecular weight excluding hydrogens is 212 g/mol. The predicted molar refractivity (Wildman–Crippen MR) is 63.3 cm³/mol. The highest BCUT2D eigenvalue weighted by atomic mass is 35.5. The molecule has 0 aliphatic heterocycles. The van der Waals surface area contributed by atoms with Gasteiger partial charge in [0, 0.05) is 11.6 Å². The van der Waals surface area contributed by atoms with Gasteiger partial charge in [-0.25, -0.2) is 0 Å². The van der Waals surface area contributed by atoms with Crippen LogP contribution in [0.4, 0.5) is 0 Å². The fourth-order valence-corrected chi connectivity index (χ4v) is 1.69. The third-order valence-electron chi connectivity index (χ3n) is 2.28. The van der Waals surface area contributed by atoms with E-state index in [4.69, 9.17) is 21.1 Å². The Labute approximate surface area is 96.2 Å². The zero-order chi connectivity index (χ0) is 11.6. The number of hydrogen-bond acceptors (Lipinski definition) is 2. The van der Waals surface area contributed by atoms with Crippen molar-refractivity contribution in [1.29, 1.82) is 0 Å². The maximum atomic E-state index is 6.08. The number of halogens is 1. The van der Waals surface area contributed by atoms with Gasteiger partial charge in [0.1, 0.15) is 11.5 Å². The molecule has 3 heteroatoms. The van der Waals surface area contributed by atoms with Crippen molar-refractivity contribution in [3.05, 3.63) is 22.7 Å². The highest BCUT2D eigenvalue weighted by Gasteiger charge is 2.21. The minimum Gasteiger partial charge on any atom is -0.496 e. The van der Waals surface area contributed by atoms with E-state index >= 15 is 0 Å². The zero-order valence-corrected chi connectivity index (χ0v) is 10.6.